The summed E-state index contributed by atoms with van der Waals surface area (Å²) in [6, 6.07) is 4.48. The summed E-state index contributed by atoms with van der Waals surface area (Å²) in [5.41, 5.74) is 0.915. The summed E-state index contributed by atoms with van der Waals surface area (Å²) in [6.45, 7) is 8.10. The molecule has 2 atom stereocenters. The van der Waals surface area contributed by atoms with E-state index in [-0.39, 0.29) is 6.42 Å². The highest BCUT2D eigenvalue weighted by Crippen LogP contribution is 2.29. The molecule has 2 fully saturated rings. The average Bonchev–Trinajstić information content (AvgIpc) is 2.61. The lowest BCUT2D eigenvalue weighted by molar-refractivity contribution is -0.137. The first kappa shape index (κ1) is 18.1. The Kier molecular flexibility index (Phi) is 5.86. The van der Waals surface area contributed by atoms with Gasteiger partial charge >= 0.3 is 5.97 Å². The van der Waals surface area contributed by atoms with Crippen LogP contribution in [0.25, 0.3) is 0 Å². The third kappa shape index (κ3) is 4.67. The topological polar surface area (TPSA) is 72.8 Å². The lowest BCUT2D eigenvalue weighted by atomic mass is 9.86. The van der Waals surface area contributed by atoms with Gasteiger partial charge in [0.2, 0.25) is 0 Å². The van der Waals surface area contributed by atoms with Crippen LogP contribution in [-0.2, 0) is 4.79 Å². The predicted molar refractivity (Wildman–Crippen MR) is 96.8 cm³/mol. The molecule has 0 bridgehead atoms. The van der Waals surface area contributed by atoms with Gasteiger partial charge in [0.25, 0.3) is 0 Å². The maximum absolute atomic E-state index is 11.1. The van der Waals surface area contributed by atoms with E-state index in [0.29, 0.717) is 12.0 Å². The van der Waals surface area contributed by atoms with Crippen LogP contribution in [-0.4, -0.2) is 83.4 Å². The fourth-order valence-corrected chi connectivity index (χ4v) is 4.02. The van der Waals surface area contributed by atoms with Gasteiger partial charge in [-0.3, -0.25) is 9.69 Å². The predicted octanol–water partition coefficient (Wildman–Crippen LogP) is 1.09. The normalized spacial score (nSPS) is 25.9. The molecule has 0 saturated carbocycles. The number of aryl methyl sites for hydroxylation is 1. The lowest BCUT2D eigenvalue weighted by Gasteiger charge is -2.46. The Balaban J connectivity index is 1.69. The summed E-state index contributed by atoms with van der Waals surface area (Å²) in [6.07, 6.45) is 2.02. The van der Waals surface area contributed by atoms with Crippen LogP contribution < -0.4 is 4.90 Å². The minimum atomic E-state index is -0.704. The number of anilines is 1. The Hall–Kier alpha value is -1.73. The van der Waals surface area contributed by atoms with E-state index in [2.05, 4.69) is 31.9 Å². The second-order valence-corrected chi connectivity index (χ2v) is 7.37. The molecule has 25 heavy (non-hydrogen) atoms. The molecule has 0 unspecified atom stereocenters. The third-order valence-corrected chi connectivity index (χ3v) is 5.54. The molecular weight excluding hydrogens is 318 g/mol. The number of carboxylic acids is 1. The van der Waals surface area contributed by atoms with E-state index in [0.717, 1.165) is 63.6 Å². The Morgan fingerprint density at radius 1 is 1.20 bits per heavy atom. The van der Waals surface area contributed by atoms with Gasteiger partial charge in [-0.15, -0.1) is 5.10 Å². The first-order valence-electron chi connectivity index (χ1n) is 9.22. The second kappa shape index (κ2) is 8.10. The largest absolute Gasteiger partial charge is 0.481 e. The van der Waals surface area contributed by atoms with Crippen LogP contribution in [0, 0.1) is 12.8 Å². The third-order valence-electron chi connectivity index (χ3n) is 5.54. The molecule has 3 heterocycles. The Labute approximate surface area is 149 Å². The monoisotopic (exact) mass is 347 g/mol. The molecule has 138 valence electrons. The second-order valence-electron chi connectivity index (χ2n) is 7.37. The number of likely N-dealkylation sites (N-methyl/N-ethyl adjacent to an activating group) is 1. The zero-order chi connectivity index (χ0) is 17.8. The van der Waals surface area contributed by atoms with Crippen molar-refractivity contribution in [3.8, 4) is 0 Å². The molecule has 2 saturated heterocycles. The van der Waals surface area contributed by atoms with Crippen molar-refractivity contribution in [3.63, 3.8) is 0 Å². The Bertz CT molecular complexity index is 571. The molecule has 3 rings (SSSR count). The summed E-state index contributed by atoms with van der Waals surface area (Å²) in [5, 5.41) is 17.6. The van der Waals surface area contributed by atoms with Gasteiger partial charge in [0.15, 0.2) is 5.82 Å². The van der Waals surface area contributed by atoms with Crippen molar-refractivity contribution in [3.05, 3.63) is 17.8 Å². The van der Waals surface area contributed by atoms with Gasteiger partial charge in [0.1, 0.15) is 0 Å². The number of nitrogens with zero attached hydrogens (tertiary/aromatic N) is 5. The van der Waals surface area contributed by atoms with Gasteiger partial charge in [0.05, 0.1) is 5.69 Å². The van der Waals surface area contributed by atoms with Crippen molar-refractivity contribution >= 4 is 11.8 Å². The van der Waals surface area contributed by atoms with E-state index < -0.39 is 5.97 Å². The minimum Gasteiger partial charge on any atom is -0.481 e. The number of piperidine rings is 1. The van der Waals surface area contributed by atoms with Gasteiger partial charge < -0.3 is 14.9 Å². The highest BCUT2D eigenvalue weighted by atomic mass is 16.4. The van der Waals surface area contributed by atoms with E-state index in [9.17, 15) is 4.79 Å². The molecule has 0 aliphatic carbocycles. The van der Waals surface area contributed by atoms with Crippen molar-refractivity contribution in [2.24, 2.45) is 5.92 Å². The van der Waals surface area contributed by atoms with E-state index in [1.165, 1.54) is 0 Å². The van der Waals surface area contributed by atoms with Gasteiger partial charge in [0, 0.05) is 51.7 Å². The van der Waals surface area contributed by atoms with Crippen LogP contribution >= 0.6 is 0 Å². The first-order valence-corrected chi connectivity index (χ1v) is 9.22. The fourth-order valence-electron chi connectivity index (χ4n) is 4.02. The SMILES string of the molecule is Cc1ccc(N2CC[C@H](N3CCN(C)CC3)[C@H](CCC(=O)O)C2)nn1. The molecule has 0 aromatic carbocycles. The molecule has 7 nitrogen and oxygen atoms in total. The zero-order valence-corrected chi connectivity index (χ0v) is 15.3. The Morgan fingerprint density at radius 2 is 1.96 bits per heavy atom. The van der Waals surface area contributed by atoms with E-state index in [1.807, 2.05) is 19.1 Å². The standard InChI is InChI=1S/C18H29N5O2/c1-14-3-5-17(20-19-14)23-8-7-16(15(13-23)4-6-18(24)25)22-11-9-21(2)10-12-22/h3,5,15-16H,4,6-13H2,1-2H3,(H,24,25)/t15-,16+/m1/s1. The molecule has 7 heteroatoms. The molecule has 1 aromatic rings. The zero-order valence-electron chi connectivity index (χ0n) is 15.3. The van der Waals surface area contributed by atoms with Crippen molar-refractivity contribution in [2.75, 3.05) is 51.2 Å². The summed E-state index contributed by atoms with van der Waals surface area (Å²) in [4.78, 5) is 18.3. The highest BCUT2D eigenvalue weighted by molar-refractivity contribution is 5.66. The molecule has 2 aliphatic rings. The van der Waals surface area contributed by atoms with Crippen LogP contribution in [0.1, 0.15) is 25.0 Å². The van der Waals surface area contributed by atoms with E-state index >= 15 is 0 Å². The summed E-state index contributed by atoms with van der Waals surface area (Å²) in [5.74, 6) is 0.559. The summed E-state index contributed by atoms with van der Waals surface area (Å²) in [7, 11) is 2.16. The molecule has 1 N–H and O–H groups in total. The average molecular weight is 347 g/mol. The maximum atomic E-state index is 11.1. The van der Waals surface area contributed by atoms with Crippen molar-refractivity contribution in [1.82, 2.24) is 20.0 Å². The molecule has 2 aliphatic heterocycles. The fraction of sp³-hybridized carbons (Fsp3) is 0.722. The van der Waals surface area contributed by atoms with Crippen LogP contribution in [0.5, 0.6) is 0 Å². The van der Waals surface area contributed by atoms with Gasteiger partial charge in [-0.05, 0) is 44.9 Å². The lowest BCUT2D eigenvalue weighted by Crippen LogP contribution is -2.56. The smallest absolute Gasteiger partial charge is 0.303 e. The number of carboxylic acid groups (broad SMARTS) is 1. The number of hydrogen-bond donors (Lipinski definition) is 1. The van der Waals surface area contributed by atoms with Gasteiger partial charge in [-0.2, -0.15) is 5.10 Å². The number of carbonyl (C=O) groups is 1. The number of hydrogen-bond acceptors (Lipinski definition) is 6. The van der Waals surface area contributed by atoms with Crippen molar-refractivity contribution < 1.29 is 9.90 Å². The number of piperazine rings is 1. The van der Waals surface area contributed by atoms with E-state index in [4.69, 9.17) is 5.11 Å². The Morgan fingerprint density at radius 3 is 2.60 bits per heavy atom. The number of rotatable bonds is 5. The van der Waals surface area contributed by atoms with Crippen LogP contribution in [0.3, 0.4) is 0 Å². The summed E-state index contributed by atoms with van der Waals surface area (Å²) >= 11 is 0. The van der Waals surface area contributed by atoms with Crippen molar-refractivity contribution in [2.45, 2.75) is 32.2 Å². The molecule has 0 spiro atoms. The quantitative estimate of drug-likeness (QED) is 0.855. The van der Waals surface area contributed by atoms with E-state index in [1.54, 1.807) is 0 Å². The molecule has 0 amide bonds. The minimum absolute atomic E-state index is 0.238. The van der Waals surface area contributed by atoms with Crippen LogP contribution in [0.15, 0.2) is 12.1 Å². The molecule has 0 radical (unpaired) electrons. The first-order chi connectivity index (χ1) is 12.0. The van der Waals surface area contributed by atoms with Gasteiger partial charge in [-0.25, -0.2) is 0 Å². The maximum Gasteiger partial charge on any atom is 0.303 e. The molecule has 1 aromatic heterocycles. The van der Waals surface area contributed by atoms with Crippen LogP contribution in [0.2, 0.25) is 0 Å². The summed E-state index contributed by atoms with van der Waals surface area (Å²) < 4.78 is 0. The van der Waals surface area contributed by atoms with Gasteiger partial charge in [-0.1, -0.05) is 0 Å². The number of aliphatic carboxylic acids is 1. The van der Waals surface area contributed by atoms with Crippen LogP contribution in [0.4, 0.5) is 5.82 Å². The number of aromatic nitrogens is 2. The molecular formula is C18H29N5O2. The van der Waals surface area contributed by atoms with Crippen molar-refractivity contribution in [1.29, 1.82) is 0 Å². The highest BCUT2D eigenvalue weighted by Gasteiger charge is 2.35.